The van der Waals surface area contributed by atoms with Gasteiger partial charge >= 0.3 is 5.97 Å². The molecule has 23 heavy (non-hydrogen) atoms. The van der Waals surface area contributed by atoms with E-state index >= 15 is 0 Å². The number of hydrogen-bond donors (Lipinski definition) is 0. The van der Waals surface area contributed by atoms with Crippen LogP contribution in [-0.4, -0.2) is 18.1 Å². The first-order valence-corrected chi connectivity index (χ1v) is 6.82. The largest absolute Gasteiger partial charge is 0.497 e. The van der Waals surface area contributed by atoms with Crippen molar-refractivity contribution in [2.24, 2.45) is 0 Å². The molecule has 0 N–H and O–H groups in total. The van der Waals surface area contributed by atoms with Crippen molar-refractivity contribution in [3.8, 4) is 22.6 Å². The molecule has 0 amide bonds. The Balaban J connectivity index is 2.29. The van der Waals surface area contributed by atoms with E-state index in [0.717, 1.165) is 0 Å². The van der Waals surface area contributed by atoms with Gasteiger partial charge in [0.05, 0.1) is 18.1 Å². The molecule has 0 radical (unpaired) electrons. The van der Waals surface area contributed by atoms with Crippen molar-refractivity contribution >= 4 is 16.9 Å². The summed E-state index contributed by atoms with van der Waals surface area (Å²) in [5.74, 6) is 0.0265. The van der Waals surface area contributed by atoms with Crippen molar-refractivity contribution < 1.29 is 18.7 Å². The topological polar surface area (TPSA) is 78.6 Å². The molecule has 0 unspecified atom stereocenters. The van der Waals surface area contributed by atoms with Crippen LogP contribution in [0.1, 0.15) is 6.92 Å². The fraction of sp³-hybridized carbons (Fsp3) is 0.118. The van der Waals surface area contributed by atoms with E-state index in [9.17, 15) is 9.59 Å². The van der Waals surface area contributed by atoms with Crippen molar-refractivity contribution in [1.29, 1.82) is 0 Å². The van der Waals surface area contributed by atoms with E-state index in [1.165, 1.54) is 26.4 Å². The number of ether oxygens (including phenoxy) is 2. The van der Waals surface area contributed by atoms with Crippen LogP contribution in [0.25, 0.3) is 22.1 Å². The van der Waals surface area contributed by atoms with Gasteiger partial charge in [-0.15, -0.1) is 0 Å². The van der Waals surface area contributed by atoms with Gasteiger partial charge < -0.3 is 13.9 Å². The Bertz CT molecular complexity index is 931. The van der Waals surface area contributed by atoms with E-state index in [4.69, 9.17) is 13.9 Å². The molecule has 3 rings (SSSR count). The molecular formula is C17H13NO5. The molecule has 0 saturated heterocycles. The van der Waals surface area contributed by atoms with Gasteiger partial charge in [0.1, 0.15) is 12.0 Å². The van der Waals surface area contributed by atoms with Gasteiger partial charge in [0.2, 0.25) is 5.43 Å². The van der Waals surface area contributed by atoms with Crippen molar-refractivity contribution in [1.82, 2.24) is 4.98 Å². The lowest BCUT2D eigenvalue weighted by molar-refractivity contribution is -0.131. The van der Waals surface area contributed by atoms with Crippen LogP contribution >= 0.6 is 0 Å². The molecule has 0 saturated carbocycles. The zero-order valence-electron chi connectivity index (χ0n) is 12.5. The molecule has 0 atom stereocenters. The van der Waals surface area contributed by atoms with E-state index in [-0.39, 0.29) is 22.1 Å². The molecule has 0 bridgehead atoms. The van der Waals surface area contributed by atoms with Gasteiger partial charge in [-0.05, 0) is 23.8 Å². The number of fused-ring (bicyclic) bond motifs is 1. The van der Waals surface area contributed by atoms with E-state index in [1.807, 2.05) is 0 Å². The molecule has 3 aromatic rings. The maximum absolute atomic E-state index is 12.8. The third kappa shape index (κ3) is 2.78. The number of rotatable bonds is 3. The van der Waals surface area contributed by atoms with Crippen LogP contribution < -0.4 is 14.9 Å². The first kappa shape index (κ1) is 14.8. The summed E-state index contributed by atoms with van der Waals surface area (Å²) in [5.41, 5.74) is 1.03. The average molecular weight is 311 g/mol. The van der Waals surface area contributed by atoms with Crippen molar-refractivity contribution in [2.45, 2.75) is 6.92 Å². The smallest absolute Gasteiger partial charge is 0.308 e. The van der Waals surface area contributed by atoms with Crippen LogP contribution in [0.3, 0.4) is 0 Å². The molecule has 0 spiro atoms. The average Bonchev–Trinajstić information content (AvgIpc) is 2.55. The first-order chi connectivity index (χ1) is 11.1. The number of esters is 1. The van der Waals surface area contributed by atoms with E-state index in [1.54, 1.807) is 30.6 Å². The van der Waals surface area contributed by atoms with Gasteiger partial charge in [0.15, 0.2) is 11.3 Å². The molecule has 116 valence electrons. The molecule has 6 nitrogen and oxygen atoms in total. The Morgan fingerprint density at radius 3 is 2.61 bits per heavy atom. The van der Waals surface area contributed by atoms with Gasteiger partial charge in [0.25, 0.3) is 0 Å². The second-order valence-electron chi connectivity index (χ2n) is 4.81. The van der Waals surface area contributed by atoms with Gasteiger partial charge in [-0.3, -0.25) is 14.6 Å². The molecular weight excluding hydrogens is 298 g/mol. The number of methoxy groups -OCH3 is 1. The molecule has 0 aliphatic rings. The minimum absolute atomic E-state index is 0.144. The lowest BCUT2D eigenvalue weighted by Gasteiger charge is -2.09. The molecule has 1 aromatic carbocycles. The predicted molar refractivity (Wildman–Crippen MR) is 83.6 cm³/mol. The summed E-state index contributed by atoms with van der Waals surface area (Å²) in [4.78, 5) is 27.9. The highest BCUT2D eigenvalue weighted by Crippen LogP contribution is 2.31. The normalized spacial score (nSPS) is 10.5. The summed E-state index contributed by atoms with van der Waals surface area (Å²) in [7, 11) is 1.47. The van der Waals surface area contributed by atoms with Gasteiger partial charge in [-0.25, -0.2) is 0 Å². The Kier molecular flexibility index (Phi) is 3.80. The number of hydrogen-bond acceptors (Lipinski definition) is 6. The van der Waals surface area contributed by atoms with Crippen LogP contribution in [-0.2, 0) is 4.79 Å². The Hall–Kier alpha value is -3.15. The number of benzene rings is 1. The van der Waals surface area contributed by atoms with Gasteiger partial charge in [0, 0.05) is 25.4 Å². The van der Waals surface area contributed by atoms with Crippen molar-refractivity contribution in [2.75, 3.05) is 7.11 Å². The monoisotopic (exact) mass is 311 g/mol. The Labute approximate surface area is 131 Å². The quantitative estimate of drug-likeness (QED) is 0.546. The molecule has 2 heterocycles. The highest BCUT2D eigenvalue weighted by molar-refractivity contribution is 5.89. The molecule has 6 heteroatoms. The maximum atomic E-state index is 12.8. The Morgan fingerprint density at radius 1 is 1.22 bits per heavy atom. The zero-order valence-corrected chi connectivity index (χ0v) is 12.5. The lowest BCUT2D eigenvalue weighted by atomic mass is 10.1. The highest BCUT2D eigenvalue weighted by Gasteiger charge is 2.16. The van der Waals surface area contributed by atoms with Crippen LogP contribution in [0.15, 0.2) is 52.1 Å². The molecule has 0 aliphatic carbocycles. The van der Waals surface area contributed by atoms with Crippen molar-refractivity contribution in [3.05, 3.63) is 53.1 Å². The summed E-state index contributed by atoms with van der Waals surface area (Å²) in [5, 5.41) is 0.273. The van der Waals surface area contributed by atoms with E-state index < -0.39 is 5.97 Å². The molecule has 0 aliphatic heterocycles. The second kappa shape index (κ2) is 5.92. The second-order valence-corrected chi connectivity index (χ2v) is 4.81. The highest BCUT2D eigenvalue weighted by atomic mass is 16.5. The van der Waals surface area contributed by atoms with Crippen LogP contribution in [0.5, 0.6) is 11.5 Å². The zero-order chi connectivity index (χ0) is 16.4. The summed E-state index contributed by atoms with van der Waals surface area (Å²) < 4.78 is 15.8. The van der Waals surface area contributed by atoms with Crippen molar-refractivity contribution in [3.63, 3.8) is 0 Å². The fourth-order valence-electron chi connectivity index (χ4n) is 2.26. The van der Waals surface area contributed by atoms with Gasteiger partial charge in [-0.1, -0.05) is 0 Å². The number of aromatic nitrogens is 1. The molecule has 2 aromatic heterocycles. The first-order valence-electron chi connectivity index (χ1n) is 6.82. The number of nitrogens with zero attached hydrogens (tertiary/aromatic N) is 1. The number of carbonyl (C=O) groups excluding carboxylic acids is 1. The fourth-order valence-corrected chi connectivity index (χ4v) is 2.26. The van der Waals surface area contributed by atoms with Crippen LogP contribution in [0, 0.1) is 0 Å². The Morgan fingerprint density at radius 2 is 1.96 bits per heavy atom. The van der Waals surface area contributed by atoms with Gasteiger partial charge in [-0.2, -0.15) is 0 Å². The van der Waals surface area contributed by atoms with Crippen LogP contribution in [0.2, 0.25) is 0 Å². The van der Waals surface area contributed by atoms with Crippen LogP contribution in [0.4, 0.5) is 0 Å². The molecule has 0 fully saturated rings. The van der Waals surface area contributed by atoms with E-state index in [2.05, 4.69) is 4.98 Å². The van der Waals surface area contributed by atoms with E-state index in [0.29, 0.717) is 16.9 Å². The SMILES string of the molecule is COc1cc(OC(C)=O)c2occ(-c3ccncc3)c(=O)c2c1. The summed E-state index contributed by atoms with van der Waals surface area (Å²) >= 11 is 0. The lowest BCUT2D eigenvalue weighted by Crippen LogP contribution is -2.08. The summed E-state index contributed by atoms with van der Waals surface area (Å²) in [6.45, 7) is 1.27. The maximum Gasteiger partial charge on any atom is 0.308 e. The number of carbonyl (C=O) groups is 1. The minimum Gasteiger partial charge on any atom is -0.497 e. The third-order valence-electron chi connectivity index (χ3n) is 3.29. The third-order valence-corrected chi connectivity index (χ3v) is 3.29. The summed E-state index contributed by atoms with van der Waals surface area (Å²) in [6, 6.07) is 6.48. The minimum atomic E-state index is -0.514. The predicted octanol–water partition coefficient (Wildman–Crippen LogP) is 2.79. The summed E-state index contributed by atoms with van der Waals surface area (Å²) in [6.07, 6.45) is 4.53. The number of pyridine rings is 1. The standard InChI is InChI=1S/C17H13NO5/c1-10(19)23-15-8-12(21-2)7-13-16(20)14(9-22-17(13)15)11-3-5-18-6-4-11/h3-9H,1-2H3.